The van der Waals surface area contributed by atoms with Gasteiger partial charge in [0, 0.05) is 38.2 Å². The fourth-order valence-corrected chi connectivity index (χ4v) is 2.10. The third-order valence-electron chi connectivity index (χ3n) is 3.21. The van der Waals surface area contributed by atoms with Crippen LogP contribution in [0.3, 0.4) is 0 Å². The minimum atomic E-state index is -0.0741. The van der Waals surface area contributed by atoms with Crippen molar-refractivity contribution in [2.75, 3.05) is 11.9 Å². The van der Waals surface area contributed by atoms with Crippen molar-refractivity contribution in [3.8, 4) is 0 Å². The number of aryl methyl sites for hydroxylation is 1. The van der Waals surface area contributed by atoms with Gasteiger partial charge in [-0.2, -0.15) is 0 Å². The second-order valence-electron chi connectivity index (χ2n) is 4.68. The molecule has 0 spiro atoms. The topological polar surface area (TPSA) is 64.2 Å². The lowest BCUT2D eigenvalue weighted by molar-refractivity contribution is 0.648. The average molecular weight is 272 g/mol. The first-order valence-corrected chi connectivity index (χ1v) is 6.75. The Hall–Kier alpha value is -2.14. The molecule has 1 aromatic heterocycles. The van der Waals surface area contributed by atoms with Crippen molar-refractivity contribution in [3.05, 3.63) is 52.6 Å². The van der Waals surface area contributed by atoms with Gasteiger partial charge in [-0.1, -0.05) is 19.1 Å². The number of nitrogens with two attached hydrogens (primary N) is 1. The van der Waals surface area contributed by atoms with Crippen LogP contribution in [0.25, 0.3) is 0 Å². The maximum absolute atomic E-state index is 12.4. The van der Waals surface area contributed by atoms with Crippen molar-refractivity contribution in [3.63, 3.8) is 0 Å². The van der Waals surface area contributed by atoms with Crippen LogP contribution in [0.1, 0.15) is 18.9 Å². The van der Waals surface area contributed by atoms with Crippen LogP contribution in [-0.4, -0.2) is 16.6 Å². The lowest BCUT2D eigenvalue weighted by atomic mass is 10.2. The summed E-state index contributed by atoms with van der Waals surface area (Å²) in [5.74, 6) is 0.426. The maximum atomic E-state index is 12.4. The van der Waals surface area contributed by atoms with Crippen molar-refractivity contribution < 1.29 is 0 Å². The van der Waals surface area contributed by atoms with Gasteiger partial charge in [0.1, 0.15) is 0 Å². The lowest BCUT2D eigenvalue weighted by Crippen LogP contribution is -2.28. The molecule has 1 aromatic carbocycles. The summed E-state index contributed by atoms with van der Waals surface area (Å²) in [6.45, 7) is 3.22. The van der Waals surface area contributed by atoms with Gasteiger partial charge in [-0.05, 0) is 24.1 Å². The minimum Gasteiger partial charge on any atom is -0.326 e. The zero-order chi connectivity index (χ0) is 14.5. The zero-order valence-electron chi connectivity index (χ0n) is 11.9. The number of nitrogens with zero attached hydrogens (tertiary/aromatic N) is 3. The van der Waals surface area contributed by atoms with E-state index in [4.69, 9.17) is 5.73 Å². The van der Waals surface area contributed by atoms with Crippen molar-refractivity contribution in [2.45, 2.75) is 26.4 Å². The molecular formula is C15H20N4O. The Morgan fingerprint density at radius 3 is 2.90 bits per heavy atom. The summed E-state index contributed by atoms with van der Waals surface area (Å²) in [6, 6.07) is 7.81. The van der Waals surface area contributed by atoms with E-state index >= 15 is 0 Å². The highest BCUT2D eigenvalue weighted by atomic mass is 16.1. The van der Waals surface area contributed by atoms with Crippen LogP contribution in [0.4, 0.5) is 11.5 Å². The molecule has 5 nitrogen and oxygen atoms in total. The second-order valence-corrected chi connectivity index (χ2v) is 4.68. The van der Waals surface area contributed by atoms with Gasteiger partial charge in [-0.25, -0.2) is 4.98 Å². The van der Waals surface area contributed by atoms with E-state index < -0.39 is 0 Å². The number of rotatable bonds is 5. The van der Waals surface area contributed by atoms with E-state index in [-0.39, 0.29) is 5.56 Å². The third-order valence-corrected chi connectivity index (χ3v) is 3.21. The molecule has 0 aliphatic carbocycles. The van der Waals surface area contributed by atoms with E-state index in [1.807, 2.05) is 38.2 Å². The Labute approximate surface area is 118 Å². The summed E-state index contributed by atoms with van der Waals surface area (Å²) in [7, 11) is 1.84. The standard InChI is InChI=1S/C15H20N4O/c1-3-8-19-9-7-17-14(15(19)20)18(2)13-6-4-5-12(10-13)11-16/h4-7,9-10H,3,8,11,16H2,1-2H3. The van der Waals surface area contributed by atoms with Crippen LogP contribution in [0, 0.1) is 0 Å². The van der Waals surface area contributed by atoms with Crippen molar-refractivity contribution in [1.29, 1.82) is 0 Å². The van der Waals surface area contributed by atoms with Gasteiger partial charge in [-0.15, -0.1) is 0 Å². The monoisotopic (exact) mass is 272 g/mol. The van der Waals surface area contributed by atoms with Gasteiger partial charge < -0.3 is 15.2 Å². The predicted molar refractivity (Wildman–Crippen MR) is 81.2 cm³/mol. The van der Waals surface area contributed by atoms with Crippen LogP contribution in [0.5, 0.6) is 0 Å². The van der Waals surface area contributed by atoms with Gasteiger partial charge in [0.15, 0.2) is 5.82 Å². The average Bonchev–Trinajstić information content (AvgIpc) is 2.49. The van der Waals surface area contributed by atoms with E-state index in [0.29, 0.717) is 18.9 Å². The summed E-state index contributed by atoms with van der Waals surface area (Å²) in [5, 5.41) is 0. The number of hydrogen-bond acceptors (Lipinski definition) is 4. The fourth-order valence-electron chi connectivity index (χ4n) is 2.10. The molecule has 106 valence electrons. The molecule has 0 aliphatic heterocycles. The lowest BCUT2D eigenvalue weighted by Gasteiger charge is -2.19. The predicted octanol–water partition coefficient (Wildman–Crippen LogP) is 1.88. The first-order chi connectivity index (χ1) is 9.67. The largest absolute Gasteiger partial charge is 0.326 e. The van der Waals surface area contributed by atoms with Gasteiger partial charge >= 0.3 is 0 Å². The van der Waals surface area contributed by atoms with Crippen molar-refractivity contribution >= 4 is 11.5 Å². The van der Waals surface area contributed by atoms with Crippen LogP contribution >= 0.6 is 0 Å². The van der Waals surface area contributed by atoms with E-state index in [9.17, 15) is 4.79 Å². The molecule has 1 heterocycles. The molecule has 0 unspecified atom stereocenters. The molecule has 20 heavy (non-hydrogen) atoms. The molecule has 5 heteroatoms. The first kappa shape index (κ1) is 14.3. The highest BCUT2D eigenvalue weighted by Crippen LogP contribution is 2.19. The van der Waals surface area contributed by atoms with Crippen LogP contribution in [0.15, 0.2) is 41.5 Å². The maximum Gasteiger partial charge on any atom is 0.293 e. The van der Waals surface area contributed by atoms with E-state index in [0.717, 1.165) is 17.7 Å². The Bertz CT molecular complexity index is 636. The summed E-state index contributed by atoms with van der Waals surface area (Å²) in [6.07, 6.45) is 4.30. The van der Waals surface area contributed by atoms with E-state index in [1.54, 1.807) is 21.9 Å². The van der Waals surface area contributed by atoms with Crippen LogP contribution in [-0.2, 0) is 13.1 Å². The van der Waals surface area contributed by atoms with Gasteiger partial charge in [0.2, 0.25) is 0 Å². The Morgan fingerprint density at radius 1 is 1.40 bits per heavy atom. The Kier molecular flexibility index (Phi) is 4.53. The number of anilines is 2. The van der Waals surface area contributed by atoms with Gasteiger partial charge in [0.25, 0.3) is 5.56 Å². The Morgan fingerprint density at radius 2 is 2.20 bits per heavy atom. The summed E-state index contributed by atoms with van der Waals surface area (Å²) >= 11 is 0. The fraction of sp³-hybridized carbons (Fsp3) is 0.333. The molecule has 0 saturated heterocycles. The molecule has 0 fully saturated rings. The molecule has 0 saturated carbocycles. The van der Waals surface area contributed by atoms with Crippen LogP contribution < -0.4 is 16.2 Å². The second kappa shape index (κ2) is 6.34. The summed E-state index contributed by atoms with van der Waals surface area (Å²) in [4.78, 5) is 18.4. The van der Waals surface area contributed by atoms with Gasteiger partial charge in [0.05, 0.1) is 0 Å². The van der Waals surface area contributed by atoms with Crippen molar-refractivity contribution in [2.24, 2.45) is 5.73 Å². The van der Waals surface area contributed by atoms with E-state index in [1.165, 1.54) is 0 Å². The third kappa shape index (κ3) is 2.88. The highest BCUT2D eigenvalue weighted by Gasteiger charge is 2.11. The van der Waals surface area contributed by atoms with Gasteiger partial charge in [-0.3, -0.25) is 4.79 Å². The summed E-state index contributed by atoms with van der Waals surface area (Å²) in [5.41, 5.74) is 7.51. The number of hydrogen-bond donors (Lipinski definition) is 1. The molecule has 2 aromatic rings. The number of benzene rings is 1. The van der Waals surface area contributed by atoms with E-state index in [2.05, 4.69) is 4.98 Å². The summed E-state index contributed by atoms with van der Waals surface area (Å²) < 4.78 is 1.69. The number of aromatic nitrogens is 2. The molecule has 0 aliphatic rings. The molecule has 0 radical (unpaired) electrons. The SMILES string of the molecule is CCCn1ccnc(N(C)c2cccc(CN)c2)c1=O. The molecule has 0 bridgehead atoms. The zero-order valence-corrected chi connectivity index (χ0v) is 11.9. The Balaban J connectivity index is 2.40. The molecule has 0 atom stereocenters. The first-order valence-electron chi connectivity index (χ1n) is 6.75. The molecular weight excluding hydrogens is 252 g/mol. The quantitative estimate of drug-likeness (QED) is 0.902. The molecule has 2 rings (SSSR count). The molecule has 2 N–H and O–H groups in total. The van der Waals surface area contributed by atoms with Crippen molar-refractivity contribution in [1.82, 2.24) is 9.55 Å². The highest BCUT2D eigenvalue weighted by molar-refractivity contribution is 5.59. The minimum absolute atomic E-state index is 0.0741. The molecule has 0 amide bonds. The smallest absolute Gasteiger partial charge is 0.293 e. The van der Waals surface area contributed by atoms with Crippen LogP contribution in [0.2, 0.25) is 0 Å². The normalized spacial score (nSPS) is 10.6.